The average molecular weight is 483 g/mol. The molecule has 34 heavy (non-hydrogen) atoms. The van der Waals surface area contributed by atoms with Crippen LogP contribution in [-0.2, 0) is 32.4 Å². The molecule has 2 heterocycles. The minimum absolute atomic E-state index is 0.214. The fraction of sp³-hybridized carbons (Fsp3) is 0.400. The number of piperidine rings is 1. The van der Waals surface area contributed by atoms with Crippen LogP contribution in [0.2, 0.25) is 0 Å². The van der Waals surface area contributed by atoms with E-state index in [9.17, 15) is 22.8 Å². The number of hydrogen-bond donors (Lipinski definition) is 0. The zero-order chi connectivity index (χ0) is 23.9. The smallest absolute Gasteiger partial charge is 0.310 e. The topological polar surface area (TPSA) is 101 Å². The third kappa shape index (κ3) is 4.03. The maximum absolute atomic E-state index is 13.2. The van der Waals surface area contributed by atoms with E-state index in [0.717, 1.165) is 36.1 Å². The van der Waals surface area contributed by atoms with Crippen LogP contribution in [0.1, 0.15) is 57.5 Å². The molecule has 0 radical (unpaired) electrons. The van der Waals surface area contributed by atoms with Gasteiger partial charge in [-0.25, -0.2) is 13.3 Å². The molecule has 3 aliphatic rings. The summed E-state index contributed by atoms with van der Waals surface area (Å²) < 4.78 is 33.0. The van der Waals surface area contributed by atoms with Gasteiger partial charge in [-0.1, -0.05) is 18.2 Å². The second-order valence-electron chi connectivity index (χ2n) is 8.99. The van der Waals surface area contributed by atoms with E-state index in [2.05, 4.69) is 0 Å². The van der Waals surface area contributed by atoms with E-state index in [4.69, 9.17) is 4.74 Å². The SMILES string of the molecule is O=C(OCN1C(=O)c2ccccc2C1=O)C1CCN(S(=O)(=O)c2ccc3c(c2)CCCC3)CC1. The van der Waals surface area contributed by atoms with Crippen molar-refractivity contribution in [3.8, 4) is 0 Å². The number of hydrogen-bond acceptors (Lipinski definition) is 6. The van der Waals surface area contributed by atoms with Crippen molar-refractivity contribution in [3.63, 3.8) is 0 Å². The largest absolute Gasteiger partial charge is 0.443 e. The lowest BCUT2D eigenvalue weighted by Crippen LogP contribution is -2.41. The summed E-state index contributed by atoms with van der Waals surface area (Å²) in [7, 11) is -3.63. The van der Waals surface area contributed by atoms with E-state index < -0.39 is 40.5 Å². The number of amides is 2. The summed E-state index contributed by atoms with van der Waals surface area (Å²) in [4.78, 5) is 38.6. The Hall–Kier alpha value is -3.04. The highest BCUT2D eigenvalue weighted by Gasteiger charge is 2.37. The molecular weight excluding hydrogens is 456 g/mol. The van der Waals surface area contributed by atoms with Crippen LogP contribution in [-0.4, -0.2) is 55.2 Å². The van der Waals surface area contributed by atoms with Gasteiger partial charge < -0.3 is 4.74 Å². The first-order valence-corrected chi connectivity index (χ1v) is 13.0. The van der Waals surface area contributed by atoms with Gasteiger partial charge >= 0.3 is 5.97 Å². The lowest BCUT2D eigenvalue weighted by Gasteiger charge is -2.30. The fourth-order valence-electron chi connectivity index (χ4n) is 4.95. The Labute approximate surface area is 198 Å². The van der Waals surface area contributed by atoms with Crippen molar-refractivity contribution in [2.75, 3.05) is 19.8 Å². The number of fused-ring (bicyclic) bond motifs is 2. The van der Waals surface area contributed by atoms with Crippen LogP contribution in [0.15, 0.2) is 47.4 Å². The Morgan fingerprint density at radius 1 is 0.912 bits per heavy atom. The van der Waals surface area contributed by atoms with Crippen LogP contribution in [0.25, 0.3) is 0 Å². The molecule has 2 aliphatic heterocycles. The molecule has 2 aromatic carbocycles. The van der Waals surface area contributed by atoms with E-state index in [1.54, 1.807) is 36.4 Å². The number of carbonyl (C=O) groups excluding carboxylic acids is 3. The van der Waals surface area contributed by atoms with Gasteiger partial charge in [-0.05, 0) is 73.9 Å². The summed E-state index contributed by atoms with van der Waals surface area (Å²) in [5.41, 5.74) is 2.93. The number of rotatable bonds is 5. The van der Waals surface area contributed by atoms with Gasteiger partial charge in [0.2, 0.25) is 10.0 Å². The van der Waals surface area contributed by atoms with Gasteiger partial charge in [-0.15, -0.1) is 0 Å². The molecule has 178 valence electrons. The van der Waals surface area contributed by atoms with Gasteiger partial charge in [0.05, 0.1) is 21.9 Å². The van der Waals surface area contributed by atoms with Gasteiger partial charge in [0, 0.05) is 13.1 Å². The third-order valence-electron chi connectivity index (χ3n) is 6.96. The maximum atomic E-state index is 13.2. The number of ether oxygens (including phenoxy) is 1. The quantitative estimate of drug-likeness (QED) is 0.480. The number of imide groups is 1. The normalized spacial score (nSPS) is 19.1. The molecule has 2 aromatic rings. The molecule has 0 aromatic heterocycles. The monoisotopic (exact) mass is 482 g/mol. The number of aryl methyl sites for hydroxylation is 2. The van der Waals surface area contributed by atoms with Gasteiger partial charge in [0.25, 0.3) is 11.8 Å². The molecule has 1 aliphatic carbocycles. The van der Waals surface area contributed by atoms with E-state index >= 15 is 0 Å². The lowest BCUT2D eigenvalue weighted by atomic mass is 9.92. The number of nitrogens with zero attached hydrogens (tertiary/aromatic N) is 2. The molecule has 0 spiro atoms. The average Bonchev–Trinajstić information content (AvgIpc) is 3.11. The molecule has 0 atom stereocenters. The van der Waals surface area contributed by atoms with Crippen LogP contribution in [0, 0.1) is 5.92 Å². The van der Waals surface area contributed by atoms with Crippen LogP contribution in [0.5, 0.6) is 0 Å². The molecule has 0 saturated carbocycles. The second kappa shape index (κ2) is 8.96. The van der Waals surface area contributed by atoms with Crippen molar-refractivity contribution in [1.29, 1.82) is 0 Å². The van der Waals surface area contributed by atoms with Gasteiger partial charge in [-0.3, -0.25) is 14.4 Å². The first-order valence-electron chi connectivity index (χ1n) is 11.6. The van der Waals surface area contributed by atoms with Crippen LogP contribution >= 0.6 is 0 Å². The summed E-state index contributed by atoms with van der Waals surface area (Å²) in [5, 5.41) is 0. The second-order valence-corrected chi connectivity index (χ2v) is 10.9. The molecule has 5 rings (SSSR count). The van der Waals surface area contributed by atoms with Crippen molar-refractivity contribution >= 4 is 27.8 Å². The predicted octanol–water partition coefficient (Wildman–Crippen LogP) is 2.76. The molecule has 1 fully saturated rings. The number of sulfonamides is 1. The zero-order valence-corrected chi connectivity index (χ0v) is 19.6. The summed E-state index contributed by atoms with van der Waals surface area (Å²) in [6.07, 6.45) is 4.75. The van der Waals surface area contributed by atoms with Crippen LogP contribution in [0.4, 0.5) is 0 Å². The molecule has 0 unspecified atom stereocenters. The fourth-order valence-corrected chi connectivity index (χ4v) is 6.47. The first-order chi connectivity index (χ1) is 16.4. The minimum Gasteiger partial charge on any atom is -0.443 e. The van der Waals surface area contributed by atoms with Crippen LogP contribution in [0.3, 0.4) is 0 Å². The van der Waals surface area contributed by atoms with E-state index in [1.165, 1.54) is 9.87 Å². The van der Waals surface area contributed by atoms with Crippen LogP contribution < -0.4 is 0 Å². The number of benzene rings is 2. The van der Waals surface area contributed by atoms with Crippen molar-refractivity contribution in [2.45, 2.75) is 43.4 Å². The van der Waals surface area contributed by atoms with Crippen molar-refractivity contribution in [1.82, 2.24) is 9.21 Å². The highest BCUT2D eigenvalue weighted by Crippen LogP contribution is 2.29. The standard InChI is InChI=1S/C25H26N2O6S/c28-23-21-7-3-4-8-22(21)24(29)27(23)16-33-25(30)18-11-13-26(14-12-18)34(31,32)20-10-9-17-5-1-2-6-19(17)15-20/h3-4,7-10,15,18H,1-2,5-6,11-14,16H2. The maximum Gasteiger partial charge on any atom is 0.310 e. The number of esters is 1. The summed E-state index contributed by atoms with van der Waals surface area (Å²) in [5.74, 6) is -1.98. The molecule has 2 amide bonds. The van der Waals surface area contributed by atoms with Crippen molar-refractivity contribution < 1.29 is 27.5 Å². The number of carbonyl (C=O) groups is 3. The van der Waals surface area contributed by atoms with E-state index in [1.807, 2.05) is 6.07 Å². The van der Waals surface area contributed by atoms with Crippen molar-refractivity contribution in [2.24, 2.45) is 5.92 Å². The molecule has 0 bridgehead atoms. The van der Waals surface area contributed by atoms with E-state index in [0.29, 0.717) is 28.9 Å². The van der Waals surface area contributed by atoms with E-state index in [-0.39, 0.29) is 13.1 Å². The Morgan fingerprint density at radius 2 is 1.53 bits per heavy atom. The molecular formula is C25H26N2O6S. The molecule has 1 saturated heterocycles. The predicted molar refractivity (Wildman–Crippen MR) is 122 cm³/mol. The summed E-state index contributed by atoms with van der Waals surface area (Å²) in [6, 6.07) is 11.9. The zero-order valence-electron chi connectivity index (χ0n) is 18.7. The van der Waals surface area contributed by atoms with Gasteiger partial charge in [0.15, 0.2) is 6.73 Å². The third-order valence-corrected chi connectivity index (χ3v) is 8.85. The first kappa shape index (κ1) is 22.7. The Bertz CT molecular complexity index is 1230. The molecule has 0 N–H and O–H groups in total. The molecule has 9 heteroatoms. The van der Waals surface area contributed by atoms with Gasteiger partial charge in [0.1, 0.15) is 0 Å². The minimum atomic E-state index is -3.63. The summed E-state index contributed by atoms with van der Waals surface area (Å²) in [6.45, 7) is -0.0166. The Morgan fingerprint density at radius 3 is 2.18 bits per heavy atom. The Balaban J connectivity index is 1.17. The molecule has 8 nitrogen and oxygen atoms in total. The highest BCUT2D eigenvalue weighted by molar-refractivity contribution is 7.89. The highest BCUT2D eigenvalue weighted by atomic mass is 32.2. The van der Waals surface area contributed by atoms with Gasteiger partial charge in [-0.2, -0.15) is 4.31 Å². The Kier molecular flexibility index (Phi) is 5.99. The summed E-state index contributed by atoms with van der Waals surface area (Å²) >= 11 is 0. The van der Waals surface area contributed by atoms with Crippen molar-refractivity contribution in [3.05, 3.63) is 64.7 Å². The lowest BCUT2D eigenvalue weighted by molar-refractivity contribution is -0.152.